The number of rotatable bonds is 13. The van der Waals surface area contributed by atoms with Crippen LogP contribution in [0, 0.1) is 0 Å². The molecule has 0 rings (SSSR count). The maximum Gasteiger partial charge on any atom is 0.448 e. The van der Waals surface area contributed by atoms with Crippen molar-refractivity contribution < 1.29 is 26.7 Å². The summed E-state index contributed by atoms with van der Waals surface area (Å²) in [4.78, 5) is 10.9. The van der Waals surface area contributed by atoms with E-state index < -0.39 is 16.4 Å². The molecular weight excluding hydrogens is 334 g/mol. The second kappa shape index (κ2) is 20.3. The average molecular weight is 372 g/mol. The molecule has 148 valence electrons. The van der Waals surface area contributed by atoms with Crippen LogP contribution in [0.1, 0.15) is 85.0 Å². The summed E-state index contributed by atoms with van der Waals surface area (Å²) >= 11 is 0. The zero-order valence-electron chi connectivity index (χ0n) is 15.6. The first kappa shape index (κ1) is 28.1. The smallest absolute Gasteiger partial charge is 0.382 e. The summed E-state index contributed by atoms with van der Waals surface area (Å²) in [5.41, 5.74) is 0. The van der Waals surface area contributed by atoms with Crippen molar-refractivity contribution in [3.8, 4) is 0 Å². The number of hydrogen-bond donors (Lipinski definition) is 2. The van der Waals surface area contributed by atoms with Gasteiger partial charge in [-0.15, -0.1) is 0 Å². The van der Waals surface area contributed by atoms with Gasteiger partial charge in [-0.1, -0.05) is 58.3 Å². The number of hydrogen-bond acceptors (Lipinski definition) is 6. The molecule has 0 aliphatic heterocycles. The van der Waals surface area contributed by atoms with Gasteiger partial charge < -0.3 is 15.1 Å². The highest BCUT2D eigenvalue weighted by Gasteiger charge is 2.12. The fourth-order valence-corrected chi connectivity index (χ4v) is 2.26. The van der Waals surface area contributed by atoms with E-state index in [1.807, 2.05) is 13.8 Å². The minimum absolute atomic E-state index is 0. The molecule has 0 fully saturated rings. The maximum atomic E-state index is 10.9. The van der Waals surface area contributed by atoms with Crippen LogP contribution in [0.15, 0.2) is 0 Å². The molecule has 4 N–H and O–H groups in total. The molecule has 0 amide bonds. The molecule has 0 spiro atoms. The van der Waals surface area contributed by atoms with Gasteiger partial charge in [0.2, 0.25) is 0 Å². The minimum Gasteiger partial charge on any atom is -0.382 e. The lowest BCUT2D eigenvalue weighted by Crippen LogP contribution is -2.11. The van der Waals surface area contributed by atoms with Crippen LogP contribution < -0.4 is 6.15 Å². The summed E-state index contributed by atoms with van der Waals surface area (Å²) in [6.07, 6.45) is 10.0. The molecule has 0 aromatic carbocycles. The van der Waals surface area contributed by atoms with Crippen molar-refractivity contribution >= 4 is 16.4 Å². The largest absolute Gasteiger partial charge is 0.448 e. The molecule has 0 aromatic heterocycles. The summed E-state index contributed by atoms with van der Waals surface area (Å²) in [5, 5.41) is 0. The molecule has 0 radical (unpaired) electrons. The number of ether oxygens (including phenoxy) is 1. The van der Waals surface area contributed by atoms with Crippen molar-refractivity contribution in [3.63, 3.8) is 0 Å². The lowest BCUT2D eigenvalue weighted by atomic mass is 10.1. The predicted octanol–water partition coefficient (Wildman–Crippen LogP) is 4.46. The number of unbranched alkanes of at least 4 members (excludes halogenated alkanes) is 8. The fourth-order valence-electron chi connectivity index (χ4n) is 1.94. The molecule has 0 bridgehead atoms. The highest BCUT2D eigenvalue weighted by atomic mass is 32.3. The van der Waals surface area contributed by atoms with Gasteiger partial charge in [0.15, 0.2) is 0 Å². The second-order valence-electron chi connectivity index (χ2n) is 5.24. The zero-order valence-corrected chi connectivity index (χ0v) is 16.4. The standard InChI is InChI=1S/C12H24O5S.C4H10O.H3N/c1-2-3-4-5-6-7-8-9-10-11-12(13)17-18(14,15)16;1-3-5-4-2;/h2-11H2,1H3,(H,14,15,16);3-4H2,1-2H3;1H3. The highest BCUT2D eigenvalue weighted by Crippen LogP contribution is 2.10. The van der Waals surface area contributed by atoms with Gasteiger partial charge >= 0.3 is 16.4 Å². The molecule has 8 heteroatoms. The first-order valence-electron chi connectivity index (χ1n) is 8.64. The Balaban J connectivity index is -0.000000639. The van der Waals surface area contributed by atoms with Crippen molar-refractivity contribution in [2.45, 2.75) is 85.0 Å². The van der Waals surface area contributed by atoms with Crippen LogP contribution in [0.5, 0.6) is 0 Å². The molecule has 0 heterocycles. The van der Waals surface area contributed by atoms with E-state index in [0.29, 0.717) is 6.42 Å². The maximum absolute atomic E-state index is 10.9. The number of carbonyl (C=O) groups excluding carboxylic acids is 1. The number of carbonyl (C=O) groups is 1. The van der Waals surface area contributed by atoms with Gasteiger partial charge in [-0.2, -0.15) is 8.42 Å². The van der Waals surface area contributed by atoms with Gasteiger partial charge in [-0.3, -0.25) is 9.35 Å². The van der Waals surface area contributed by atoms with E-state index >= 15 is 0 Å². The molecule has 0 atom stereocenters. The Morgan fingerprint density at radius 1 is 0.833 bits per heavy atom. The summed E-state index contributed by atoms with van der Waals surface area (Å²) < 4.78 is 37.3. The van der Waals surface area contributed by atoms with Gasteiger partial charge in [0.25, 0.3) is 0 Å². The molecule has 0 unspecified atom stereocenters. The van der Waals surface area contributed by atoms with Crippen LogP contribution in [-0.4, -0.2) is 32.2 Å². The SMILES string of the molecule is CCCCCCCCCCCC(=O)OS(=O)(=O)O.CCOCC.N. The topological polar surface area (TPSA) is 125 Å². The van der Waals surface area contributed by atoms with Crippen molar-refractivity contribution in [3.05, 3.63) is 0 Å². The monoisotopic (exact) mass is 371 g/mol. The molecule has 24 heavy (non-hydrogen) atoms. The van der Waals surface area contributed by atoms with E-state index in [4.69, 9.17) is 9.29 Å². The third-order valence-electron chi connectivity index (χ3n) is 3.09. The van der Waals surface area contributed by atoms with Gasteiger partial charge in [0.05, 0.1) is 0 Å². The summed E-state index contributed by atoms with van der Waals surface area (Å²) in [6, 6.07) is 0. The lowest BCUT2D eigenvalue weighted by molar-refractivity contribution is -0.134. The van der Waals surface area contributed by atoms with E-state index in [0.717, 1.165) is 32.5 Å². The first-order chi connectivity index (χ1) is 10.9. The Labute approximate surface area is 148 Å². The summed E-state index contributed by atoms with van der Waals surface area (Å²) in [7, 11) is -4.63. The molecular formula is C16H37NO6S. The third-order valence-corrected chi connectivity index (χ3v) is 3.49. The van der Waals surface area contributed by atoms with Crippen molar-refractivity contribution in [2.24, 2.45) is 0 Å². The van der Waals surface area contributed by atoms with Crippen molar-refractivity contribution in [1.29, 1.82) is 0 Å². The minimum atomic E-state index is -4.63. The van der Waals surface area contributed by atoms with E-state index in [-0.39, 0.29) is 12.6 Å². The first-order valence-corrected chi connectivity index (χ1v) is 10.0. The van der Waals surface area contributed by atoms with Crippen LogP contribution in [0.25, 0.3) is 0 Å². The lowest BCUT2D eigenvalue weighted by Gasteiger charge is -2.02. The second-order valence-corrected chi connectivity index (χ2v) is 6.27. The summed E-state index contributed by atoms with van der Waals surface area (Å²) in [6.45, 7) is 7.85. The molecule has 0 saturated carbocycles. The van der Waals surface area contributed by atoms with Gasteiger partial charge in [0.1, 0.15) is 0 Å². The highest BCUT2D eigenvalue weighted by molar-refractivity contribution is 7.81. The Morgan fingerprint density at radius 3 is 1.58 bits per heavy atom. The Kier molecular flexibility index (Phi) is 23.8. The fraction of sp³-hybridized carbons (Fsp3) is 0.938. The van der Waals surface area contributed by atoms with Crippen LogP contribution in [0.2, 0.25) is 0 Å². The van der Waals surface area contributed by atoms with E-state index in [2.05, 4.69) is 11.1 Å². The van der Waals surface area contributed by atoms with Gasteiger partial charge in [-0.25, -0.2) is 0 Å². The Morgan fingerprint density at radius 2 is 1.25 bits per heavy atom. The van der Waals surface area contributed by atoms with E-state index in [9.17, 15) is 13.2 Å². The van der Waals surface area contributed by atoms with Crippen molar-refractivity contribution in [2.75, 3.05) is 13.2 Å². The average Bonchev–Trinajstić information content (AvgIpc) is 2.45. The van der Waals surface area contributed by atoms with Gasteiger partial charge in [0, 0.05) is 19.6 Å². The van der Waals surface area contributed by atoms with Crippen LogP contribution >= 0.6 is 0 Å². The molecule has 0 aliphatic rings. The molecule has 0 aliphatic carbocycles. The zero-order chi connectivity index (χ0) is 18.0. The summed E-state index contributed by atoms with van der Waals surface area (Å²) in [5.74, 6) is -0.888. The van der Waals surface area contributed by atoms with Crippen LogP contribution in [0.4, 0.5) is 0 Å². The van der Waals surface area contributed by atoms with E-state index in [1.54, 1.807) is 0 Å². The molecule has 0 aromatic rings. The Hall–Kier alpha value is -0.700. The van der Waals surface area contributed by atoms with Crippen molar-refractivity contribution in [1.82, 2.24) is 6.15 Å². The molecule has 7 nitrogen and oxygen atoms in total. The van der Waals surface area contributed by atoms with Gasteiger partial charge in [-0.05, 0) is 20.3 Å². The predicted molar refractivity (Wildman–Crippen MR) is 96.7 cm³/mol. The third kappa shape index (κ3) is 29.3. The Bertz CT molecular complexity index is 358. The van der Waals surface area contributed by atoms with Crippen LogP contribution in [-0.2, 0) is 24.1 Å². The normalized spacial score (nSPS) is 10.3. The van der Waals surface area contributed by atoms with Crippen LogP contribution in [0.3, 0.4) is 0 Å². The quantitative estimate of drug-likeness (QED) is 0.361. The van der Waals surface area contributed by atoms with E-state index in [1.165, 1.54) is 32.1 Å². The molecule has 0 saturated heterocycles.